The molecule has 2 fully saturated rings. The standard InChI is InChI=1S/C26H27N7O2S.2H2/c1-17-21(11-19(13-29-17)23(34)28-8-10-32-9-6-26(16-32)4-5-26)31-24(35)20-14-30-33-15-22(36-25(20)33)18-3-2-7-27-12-18;;/h2-3,7,11-15H,4-6,8-10,16H2,1H3,(H,28,34)(H,31,35);2*1H. The Balaban J connectivity index is 0.00000168. The first-order valence-corrected chi connectivity index (χ1v) is 13.0. The van der Waals surface area contributed by atoms with Gasteiger partial charge in [-0.2, -0.15) is 5.10 Å². The Hall–Kier alpha value is -3.63. The molecule has 1 aliphatic carbocycles. The molecule has 0 aromatic carbocycles. The van der Waals surface area contributed by atoms with Gasteiger partial charge in [0.1, 0.15) is 4.83 Å². The van der Waals surface area contributed by atoms with Gasteiger partial charge >= 0.3 is 0 Å². The highest BCUT2D eigenvalue weighted by Crippen LogP contribution is 2.52. The first-order chi connectivity index (χ1) is 17.5. The number of hydrogen-bond donors (Lipinski definition) is 2. The summed E-state index contributed by atoms with van der Waals surface area (Å²) in [7, 11) is 0. The predicted octanol–water partition coefficient (Wildman–Crippen LogP) is 4.12. The number of amides is 2. The van der Waals surface area contributed by atoms with Gasteiger partial charge in [-0.1, -0.05) is 6.07 Å². The summed E-state index contributed by atoms with van der Waals surface area (Å²) in [5, 5.41) is 10.2. The van der Waals surface area contributed by atoms with Crippen LogP contribution in [0.3, 0.4) is 0 Å². The zero-order chi connectivity index (χ0) is 24.7. The second-order valence-corrected chi connectivity index (χ2v) is 10.8. The number of fused-ring (bicyclic) bond motifs is 1. The summed E-state index contributed by atoms with van der Waals surface area (Å²) in [5.74, 6) is -0.485. The van der Waals surface area contributed by atoms with Gasteiger partial charge in [0.2, 0.25) is 0 Å². The summed E-state index contributed by atoms with van der Waals surface area (Å²) in [6, 6.07) is 5.53. The molecule has 2 amide bonds. The minimum absolute atomic E-state index is 0. The number of rotatable bonds is 7. The molecule has 188 valence electrons. The van der Waals surface area contributed by atoms with Crippen LogP contribution in [-0.2, 0) is 0 Å². The zero-order valence-electron chi connectivity index (χ0n) is 20.0. The molecular weight excluding hydrogens is 474 g/mol. The van der Waals surface area contributed by atoms with Gasteiger partial charge in [-0.15, -0.1) is 11.3 Å². The Morgan fingerprint density at radius 1 is 1.19 bits per heavy atom. The maximum Gasteiger partial charge on any atom is 0.260 e. The fourth-order valence-corrected chi connectivity index (χ4v) is 5.84. The molecule has 9 nitrogen and oxygen atoms in total. The second kappa shape index (κ2) is 9.11. The number of aryl methyl sites for hydroxylation is 1. The van der Waals surface area contributed by atoms with Crippen molar-refractivity contribution in [2.45, 2.75) is 26.2 Å². The number of hydrogen-bond acceptors (Lipinski definition) is 7. The number of aromatic nitrogens is 4. The van der Waals surface area contributed by atoms with Crippen LogP contribution in [0.2, 0.25) is 0 Å². The van der Waals surface area contributed by atoms with Crippen LogP contribution in [0.15, 0.2) is 49.2 Å². The third kappa shape index (κ3) is 4.49. The molecule has 2 aliphatic rings. The molecule has 0 atom stereocenters. The van der Waals surface area contributed by atoms with E-state index in [1.807, 2.05) is 18.3 Å². The van der Waals surface area contributed by atoms with Crippen molar-refractivity contribution in [1.29, 1.82) is 0 Å². The Morgan fingerprint density at radius 3 is 2.86 bits per heavy atom. The lowest BCUT2D eigenvalue weighted by atomic mass is 10.1. The van der Waals surface area contributed by atoms with E-state index >= 15 is 0 Å². The second-order valence-electron chi connectivity index (χ2n) is 9.74. The normalized spacial score (nSPS) is 16.5. The highest BCUT2D eigenvalue weighted by Gasteiger charge is 2.47. The van der Waals surface area contributed by atoms with Crippen molar-refractivity contribution >= 4 is 33.7 Å². The minimum atomic E-state index is -0.296. The van der Waals surface area contributed by atoms with Gasteiger partial charge in [0.25, 0.3) is 11.8 Å². The molecule has 10 heteroatoms. The van der Waals surface area contributed by atoms with Crippen LogP contribution in [0.1, 0.15) is 48.5 Å². The summed E-state index contributed by atoms with van der Waals surface area (Å²) in [6.45, 7) is 5.53. The first-order valence-electron chi connectivity index (χ1n) is 12.2. The van der Waals surface area contributed by atoms with Crippen LogP contribution < -0.4 is 10.6 Å². The largest absolute Gasteiger partial charge is 0.351 e. The zero-order valence-corrected chi connectivity index (χ0v) is 20.8. The van der Waals surface area contributed by atoms with Crippen LogP contribution in [0.5, 0.6) is 0 Å². The van der Waals surface area contributed by atoms with Gasteiger partial charge in [0, 0.05) is 52.8 Å². The van der Waals surface area contributed by atoms with Crippen LogP contribution in [0.25, 0.3) is 15.3 Å². The van der Waals surface area contributed by atoms with Crippen molar-refractivity contribution in [2.75, 3.05) is 31.5 Å². The van der Waals surface area contributed by atoms with Gasteiger partial charge < -0.3 is 15.5 Å². The smallest absolute Gasteiger partial charge is 0.260 e. The van der Waals surface area contributed by atoms with Gasteiger partial charge in [-0.3, -0.25) is 19.6 Å². The Labute approximate surface area is 215 Å². The van der Waals surface area contributed by atoms with E-state index in [2.05, 4.69) is 30.6 Å². The molecule has 4 aromatic rings. The summed E-state index contributed by atoms with van der Waals surface area (Å²) in [4.78, 5) is 38.5. The SMILES string of the molecule is Cc1ncc(C(=O)NCCN2CCC3(CC3)C2)cc1NC(=O)c1cnn2cc(-c3cccnc3)sc12.[HH].[HH]. The van der Waals surface area contributed by atoms with Crippen LogP contribution in [-0.4, -0.2) is 62.5 Å². The molecule has 2 N–H and O–H groups in total. The number of nitrogens with one attached hydrogen (secondary N) is 2. The van der Waals surface area contributed by atoms with Gasteiger partial charge in [0.05, 0.1) is 33.6 Å². The molecule has 0 bridgehead atoms. The third-order valence-corrected chi connectivity index (χ3v) is 8.33. The van der Waals surface area contributed by atoms with Gasteiger partial charge in [0.15, 0.2) is 0 Å². The van der Waals surface area contributed by atoms with E-state index in [1.54, 1.807) is 42.3 Å². The van der Waals surface area contributed by atoms with Crippen molar-refractivity contribution in [3.8, 4) is 10.4 Å². The van der Waals surface area contributed by atoms with Crippen LogP contribution in [0.4, 0.5) is 5.69 Å². The van der Waals surface area contributed by atoms with E-state index in [4.69, 9.17) is 0 Å². The first kappa shape index (κ1) is 22.8. The number of nitrogens with zero attached hydrogens (tertiary/aromatic N) is 5. The van der Waals surface area contributed by atoms with E-state index in [-0.39, 0.29) is 14.7 Å². The van der Waals surface area contributed by atoms with E-state index in [0.717, 1.165) is 34.9 Å². The molecule has 1 spiro atoms. The Morgan fingerprint density at radius 2 is 2.08 bits per heavy atom. The Bertz CT molecular complexity index is 1450. The lowest BCUT2D eigenvalue weighted by molar-refractivity contribution is 0.0947. The van der Waals surface area contributed by atoms with E-state index in [9.17, 15) is 9.59 Å². The van der Waals surface area contributed by atoms with E-state index < -0.39 is 0 Å². The van der Waals surface area contributed by atoms with Crippen LogP contribution >= 0.6 is 11.3 Å². The average Bonchev–Trinajstić information content (AvgIpc) is 3.18. The molecule has 0 unspecified atom stereocenters. The number of carbonyl (C=O) groups is 2. The lowest BCUT2D eigenvalue weighted by Crippen LogP contribution is -2.34. The molecule has 1 saturated heterocycles. The summed E-state index contributed by atoms with van der Waals surface area (Å²) >= 11 is 1.47. The highest BCUT2D eigenvalue weighted by atomic mass is 32.1. The van der Waals surface area contributed by atoms with Crippen molar-refractivity contribution in [1.82, 2.24) is 29.8 Å². The molecule has 36 heavy (non-hydrogen) atoms. The summed E-state index contributed by atoms with van der Waals surface area (Å²) < 4.78 is 1.70. The topological polar surface area (TPSA) is 105 Å². The quantitative estimate of drug-likeness (QED) is 0.392. The number of likely N-dealkylation sites (tertiary alicyclic amines) is 1. The predicted molar refractivity (Wildman–Crippen MR) is 143 cm³/mol. The fourth-order valence-electron chi connectivity index (χ4n) is 4.79. The van der Waals surface area contributed by atoms with Crippen molar-refractivity contribution in [3.05, 3.63) is 66.0 Å². The lowest BCUT2D eigenvalue weighted by Gasteiger charge is -2.16. The molecule has 1 saturated carbocycles. The number of thiazole rings is 1. The Kier molecular flexibility index (Phi) is 5.77. The highest BCUT2D eigenvalue weighted by molar-refractivity contribution is 7.21. The molecule has 0 radical (unpaired) electrons. The van der Waals surface area contributed by atoms with E-state index in [0.29, 0.717) is 34.5 Å². The number of carbonyl (C=O) groups excluding carboxylic acids is 2. The summed E-state index contributed by atoms with van der Waals surface area (Å²) in [5.41, 5.74) is 3.58. The van der Waals surface area contributed by atoms with Crippen molar-refractivity contribution in [3.63, 3.8) is 0 Å². The van der Waals surface area contributed by atoms with E-state index in [1.165, 1.54) is 30.6 Å². The van der Waals surface area contributed by atoms with Crippen LogP contribution in [0, 0.1) is 12.3 Å². The third-order valence-electron chi connectivity index (χ3n) is 7.17. The van der Waals surface area contributed by atoms with Crippen molar-refractivity contribution in [2.24, 2.45) is 5.41 Å². The number of pyridine rings is 2. The van der Waals surface area contributed by atoms with Gasteiger partial charge in [-0.25, -0.2) is 4.52 Å². The maximum absolute atomic E-state index is 13.1. The van der Waals surface area contributed by atoms with Gasteiger partial charge in [-0.05, 0) is 50.3 Å². The molecular formula is C26H31N7O2S. The molecule has 6 rings (SSSR count). The monoisotopic (exact) mass is 505 g/mol. The minimum Gasteiger partial charge on any atom is -0.351 e. The molecule has 5 heterocycles. The average molecular weight is 506 g/mol. The molecule has 1 aliphatic heterocycles. The molecule has 4 aromatic heterocycles. The maximum atomic E-state index is 13.1. The number of anilines is 1. The van der Waals surface area contributed by atoms with Crippen molar-refractivity contribution < 1.29 is 12.4 Å². The fraction of sp³-hybridized carbons (Fsp3) is 0.346. The summed E-state index contributed by atoms with van der Waals surface area (Å²) in [6.07, 6.45) is 12.5.